The number of pyridine rings is 1. The van der Waals surface area contributed by atoms with Crippen molar-refractivity contribution in [2.75, 3.05) is 19.7 Å². The third kappa shape index (κ3) is 4.54. The number of halogens is 1. The van der Waals surface area contributed by atoms with E-state index in [9.17, 15) is 14.3 Å². The molecule has 0 saturated carbocycles. The number of nitrogens with zero attached hydrogens (tertiary/aromatic N) is 2. The van der Waals surface area contributed by atoms with Crippen molar-refractivity contribution < 1.29 is 19.0 Å². The summed E-state index contributed by atoms with van der Waals surface area (Å²) in [6, 6.07) is 9.54. The number of aryl methyl sites for hydroxylation is 1. The minimum atomic E-state index is -1.12. The molecule has 1 atom stereocenters. The number of carbonyl (C=O) groups is 1. The molecule has 2 aromatic rings. The Labute approximate surface area is 146 Å². The number of hydrogen-bond donors (Lipinski definition) is 1. The number of aliphatic hydroxyl groups is 1. The first kappa shape index (κ1) is 17.4. The number of ether oxygens (including phenoxy) is 1. The van der Waals surface area contributed by atoms with Crippen LogP contribution in [-0.2, 0) is 11.2 Å². The SMILES string of the molecule is Cc1ccnc(CC(=O)N2CC[C@](O)(COc3cccc(F)c3)C2)c1. The van der Waals surface area contributed by atoms with Gasteiger partial charge in [0.1, 0.15) is 23.8 Å². The van der Waals surface area contributed by atoms with E-state index in [2.05, 4.69) is 4.98 Å². The Morgan fingerprint density at radius 2 is 2.24 bits per heavy atom. The van der Waals surface area contributed by atoms with Crippen molar-refractivity contribution >= 4 is 5.91 Å². The van der Waals surface area contributed by atoms with Crippen LogP contribution in [0.2, 0.25) is 0 Å². The van der Waals surface area contributed by atoms with E-state index >= 15 is 0 Å². The molecule has 1 saturated heterocycles. The molecule has 0 unspecified atom stereocenters. The van der Waals surface area contributed by atoms with Crippen LogP contribution in [0.4, 0.5) is 4.39 Å². The highest BCUT2D eigenvalue weighted by Gasteiger charge is 2.39. The second-order valence-corrected chi connectivity index (χ2v) is 6.54. The van der Waals surface area contributed by atoms with Gasteiger partial charge < -0.3 is 14.7 Å². The van der Waals surface area contributed by atoms with Gasteiger partial charge in [-0.25, -0.2) is 4.39 Å². The largest absolute Gasteiger partial charge is 0.490 e. The first-order chi connectivity index (χ1) is 11.9. The molecular weight excluding hydrogens is 323 g/mol. The summed E-state index contributed by atoms with van der Waals surface area (Å²) in [5.74, 6) is -0.0969. The van der Waals surface area contributed by atoms with Crippen molar-refractivity contribution in [2.45, 2.75) is 25.4 Å². The zero-order valence-corrected chi connectivity index (χ0v) is 14.1. The molecular formula is C19H21FN2O3. The summed E-state index contributed by atoms with van der Waals surface area (Å²) in [5, 5.41) is 10.6. The van der Waals surface area contributed by atoms with Gasteiger partial charge in [0.25, 0.3) is 0 Å². The van der Waals surface area contributed by atoms with Crippen LogP contribution in [-0.4, -0.2) is 46.2 Å². The second-order valence-electron chi connectivity index (χ2n) is 6.54. The van der Waals surface area contributed by atoms with Crippen molar-refractivity contribution in [3.63, 3.8) is 0 Å². The predicted molar refractivity (Wildman–Crippen MR) is 90.7 cm³/mol. The molecule has 0 radical (unpaired) electrons. The Hall–Kier alpha value is -2.47. The predicted octanol–water partition coefficient (Wildman–Crippen LogP) is 2.11. The van der Waals surface area contributed by atoms with E-state index in [-0.39, 0.29) is 25.5 Å². The van der Waals surface area contributed by atoms with Crippen LogP contribution in [0.1, 0.15) is 17.7 Å². The van der Waals surface area contributed by atoms with Gasteiger partial charge in [-0.2, -0.15) is 0 Å². The van der Waals surface area contributed by atoms with E-state index in [1.807, 2.05) is 19.1 Å². The topological polar surface area (TPSA) is 62.7 Å². The summed E-state index contributed by atoms with van der Waals surface area (Å²) in [4.78, 5) is 18.2. The average Bonchev–Trinajstić information content (AvgIpc) is 2.96. The summed E-state index contributed by atoms with van der Waals surface area (Å²) in [6.07, 6.45) is 2.32. The van der Waals surface area contributed by atoms with Crippen molar-refractivity contribution in [2.24, 2.45) is 0 Å². The highest BCUT2D eigenvalue weighted by atomic mass is 19.1. The summed E-state index contributed by atoms with van der Waals surface area (Å²) >= 11 is 0. The van der Waals surface area contributed by atoms with Crippen LogP contribution in [0.15, 0.2) is 42.6 Å². The summed E-state index contributed by atoms with van der Waals surface area (Å²) in [7, 11) is 0. The lowest BCUT2D eigenvalue weighted by Gasteiger charge is -2.23. The van der Waals surface area contributed by atoms with Gasteiger partial charge in [-0.15, -0.1) is 0 Å². The molecule has 3 rings (SSSR count). The smallest absolute Gasteiger partial charge is 0.228 e. The number of aromatic nitrogens is 1. The number of amides is 1. The molecule has 5 nitrogen and oxygen atoms in total. The molecule has 0 bridgehead atoms. The summed E-state index contributed by atoms with van der Waals surface area (Å²) in [6.45, 7) is 2.64. The highest BCUT2D eigenvalue weighted by Crippen LogP contribution is 2.24. The van der Waals surface area contributed by atoms with Gasteiger partial charge in [0, 0.05) is 24.5 Å². The Kier molecular flexibility index (Phi) is 4.99. The number of rotatable bonds is 5. The van der Waals surface area contributed by atoms with Crippen molar-refractivity contribution in [1.29, 1.82) is 0 Å². The molecule has 0 aliphatic carbocycles. The third-order valence-electron chi connectivity index (χ3n) is 4.29. The van der Waals surface area contributed by atoms with E-state index in [4.69, 9.17) is 4.74 Å². The van der Waals surface area contributed by atoms with Crippen molar-refractivity contribution in [3.8, 4) is 5.75 Å². The number of likely N-dealkylation sites (tertiary alicyclic amines) is 1. The van der Waals surface area contributed by atoms with Gasteiger partial charge >= 0.3 is 0 Å². The lowest BCUT2D eigenvalue weighted by Crippen LogP contribution is -2.41. The molecule has 25 heavy (non-hydrogen) atoms. The van der Waals surface area contributed by atoms with E-state index in [1.165, 1.54) is 12.1 Å². The zero-order chi connectivity index (χ0) is 17.9. The second kappa shape index (κ2) is 7.19. The standard InChI is InChI=1S/C19H21FN2O3/c1-14-5-7-21-16(9-14)11-18(23)22-8-6-19(24,12-22)13-25-17-4-2-3-15(20)10-17/h2-5,7,9-10,24H,6,8,11-13H2,1H3/t19-/m1/s1. The monoisotopic (exact) mass is 344 g/mol. The van der Waals surface area contributed by atoms with Gasteiger partial charge in [0.2, 0.25) is 5.91 Å². The summed E-state index contributed by atoms with van der Waals surface area (Å²) < 4.78 is 18.7. The van der Waals surface area contributed by atoms with Crippen LogP contribution in [0.5, 0.6) is 5.75 Å². The summed E-state index contributed by atoms with van der Waals surface area (Å²) in [5.41, 5.74) is 0.651. The lowest BCUT2D eigenvalue weighted by molar-refractivity contribution is -0.130. The Balaban J connectivity index is 1.55. The van der Waals surface area contributed by atoms with Crippen LogP contribution >= 0.6 is 0 Å². The number of hydrogen-bond acceptors (Lipinski definition) is 4. The van der Waals surface area contributed by atoms with Gasteiger partial charge in [0.15, 0.2) is 0 Å². The molecule has 6 heteroatoms. The van der Waals surface area contributed by atoms with E-state index in [1.54, 1.807) is 23.2 Å². The average molecular weight is 344 g/mol. The van der Waals surface area contributed by atoms with E-state index in [0.29, 0.717) is 18.7 Å². The zero-order valence-electron chi connectivity index (χ0n) is 14.1. The molecule has 1 amide bonds. The molecule has 1 aromatic carbocycles. The number of benzene rings is 1. The highest BCUT2D eigenvalue weighted by molar-refractivity contribution is 5.78. The normalized spacial score (nSPS) is 19.9. The van der Waals surface area contributed by atoms with Crippen LogP contribution in [0, 0.1) is 12.7 Å². The van der Waals surface area contributed by atoms with Gasteiger partial charge in [-0.3, -0.25) is 9.78 Å². The van der Waals surface area contributed by atoms with Gasteiger partial charge in [0.05, 0.1) is 13.0 Å². The number of carbonyl (C=O) groups excluding carboxylic acids is 1. The van der Waals surface area contributed by atoms with Crippen LogP contribution in [0.25, 0.3) is 0 Å². The van der Waals surface area contributed by atoms with Gasteiger partial charge in [-0.05, 0) is 43.2 Å². The Morgan fingerprint density at radius 1 is 1.40 bits per heavy atom. The van der Waals surface area contributed by atoms with E-state index < -0.39 is 11.4 Å². The molecule has 132 valence electrons. The minimum absolute atomic E-state index is 0.0168. The maximum absolute atomic E-state index is 13.2. The molecule has 1 aliphatic rings. The molecule has 0 spiro atoms. The fraction of sp³-hybridized carbons (Fsp3) is 0.368. The maximum atomic E-state index is 13.2. The molecule has 1 N–H and O–H groups in total. The minimum Gasteiger partial charge on any atom is -0.490 e. The van der Waals surface area contributed by atoms with Gasteiger partial charge in [-0.1, -0.05) is 6.07 Å². The first-order valence-corrected chi connectivity index (χ1v) is 8.24. The molecule has 2 heterocycles. The molecule has 1 aliphatic heterocycles. The van der Waals surface area contributed by atoms with E-state index in [0.717, 1.165) is 11.3 Å². The molecule has 1 fully saturated rings. The first-order valence-electron chi connectivity index (χ1n) is 8.24. The molecule has 1 aromatic heterocycles. The van der Waals surface area contributed by atoms with Crippen LogP contribution in [0.3, 0.4) is 0 Å². The lowest BCUT2D eigenvalue weighted by atomic mass is 10.1. The maximum Gasteiger partial charge on any atom is 0.228 e. The quantitative estimate of drug-likeness (QED) is 0.902. The van der Waals surface area contributed by atoms with Crippen molar-refractivity contribution in [3.05, 3.63) is 59.7 Å². The fourth-order valence-corrected chi connectivity index (χ4v) is 2.92. The Bertz CT molecular complexity index is 768. The van der Waals surface area contributed by atoms with Crippen molar-refractivity contribution in [1.82, 2.24) is 9.88 Å². The Morgan fingerprint density at radius 3 is 3.00 bits per heavy atom. The third-order valence-corrected chi connectivity index (χ3v) is 4.29. The number of β-amino-alcohol motifs (C(OH)–C–C–N with tert-alkyl or cyclic N) is 1. The fourth-order valence-electron chi connectivity index (χ4n) is 2.92. The van der Waals surface area contributed by atoms with Crippen LogP contribution < -0.4 is 4.74 Å².